The van der Waals surface area contributed by atoms with E-state index in [0.29, 0.717) is 12.1 Å². The number of H-pyrrole nitrogens is 1. The Morgan fingerprint density at radius 3 is 2.49 bits per heavy atom. The zero-order valence-electron chi connectivity index (χ0n) is 20.3. The van der Waals surface area contributed by atoms with Crippen LogP contribution < -0.4 is 5.32 Å². The molecule has 0 bridgehead atoms. The lowest BCUT2D eigenvalue weighted by molar-refractivity contribution is 0.0944. The van der Waals surface area contributed by atoms with Crippen LogP contribution >= 0.6 is 0 Å². The van der Waals surface area contributed by atoms with Crippen molar-refractivity contribution >= 4 is 16.7 Å². The largest absolute Gasteiger partial charge is 0.360 e. The van der Waals surface area contributed by atoms with Crippen LogP contribution in [0.25, 0.3) is 22.0 Å². The average Bonchev–Trinajstić information content (AvgIpc) is 3.51. The number of carbonyl (C=O) groups excluding carboxylic acids is 1. The van der Waals surface area contributed by atoms with E-state index in [1.165, 1.54) is 11.1 Å². The summed E-state index contributed by atoms with van der Waals surface area (Å²) in [5.41, 5.74) is 7.23. The smallest absolute Gasteiger partial charge is 0.186 e. The molecule has 0 aliphatic carbocycles. The highest BCUT2D eigenvalue weighted by Gasteiger charge is 2.25. The monoisotopic (exact) mass is 462 g/mol. The first-order chi connectivity index (χ1) is 17.0. The quantitative estimate of drug-likeness (QED) is 0.270. The fraction of sp³-hybridized carbons (Fsp3) is 0.200. The number of carbonyl (C=O) groups is 1. The molecule has 5 heteroatoms. The number of hydrogen-bond acceptors (Lipinski definition) is 3. The van der Waals surface area contributed by atoms with E-state index in [2.05, 4.69) is 59.6 Å². The molecule has 2 aromatic heterocycles. The number of Topliss-reactive ketones (excluding diaryl/α,β-unsaturated/α-hetero) is 1. The Bertz CT molecular complexity index is 1450. The van der Waals surface area contributed by atoms with Crippen LogP contribution in [0.5, 0.6) is 0 Å². The van der Waals surface area contributed by atoms with E-state index in [9.17, 15) is 4.79 Å². The maximum atomic E-state index is 13.9. The summed E-state index contributed by atoms with van der Waals surface area (Å²) in [4.78, 5) is 17.2. The van der Waals surface area contributed by atoms with E-state index < -0.39 is 6.04 Å². The van der Waals surface area contributed by atoms with Gasteiger partial charge in [0.25, 0.3) is 0 Å². The molecule has 176 valence electrons. The number of benzene rings is 3. The van der Waals surface area contributed by atoms with Crippen molar-refractivity contribution in [2.24, 2.45) is 7.05 Å². The van der Waals surface area contributed by atoms with Crippen molar-refractivity contribution < 1.29 is 4.79 Å². The van der Waals surface area contributed by atoms with Crippen molar-refractivity contribution in [3.8, 4) is 11.1 Å². The second-order valence-corrected chi connectivity index (χ2v) is 9.29. The second kappa shape index (κ2) is 9.72. The number of nitrogens with one attached hydrogen (secondary N) is 2. The van der Waals surface area contributed by atoms with Gasteiger partial charge in [-0.15, -0.1) is 0 Å². The first kappa shape index (κ1) is 22.8. The van der Waals surface area contributed by atoms with E-state index in [1.54, 1.807) is 4.68 Å². The number of hydrogen-bond donors (Lipinski definition) is 2. The molecule has 0 radical (unpaired) electrons. The predicted octanol–water partition coefficient (Wildman–Crippen LogP) is 6.19. The number of aryl methyl sites for hydroxylation is 2. The first-order valence-electron chi connectivity index (χ1n) is 12.0. The Hall–Kier alpha value is -3.96. The summed E-state index contributed by atoms with van der Waals surface area (Å²) >= 11 is 0. The molecular weight excluding hydrogens is 432 g/mol. The van der Waals surface area contributed by atoms with Gasteiger partial charge in [0.15, 0.2) is 5.78 Å². The molecule has 0 spiro atoms. The Morgan fingerprint density at radius 1 is 1.00 bits per heavy atom. The van der Waals surface area contributed by atoms with Gasteiger partial charge in [-0.05, 0) is 35.6 Å². The summed E-state index contributed by atoms with van der Waals surface area (Å²) in [6.07, 6.45) is 5.67. The molecule has 5 aromatic rings. The van der Waals surface area contributed by atoms with Crippen molar-refractivity contribution in [3.05, 3.63) is 114 Å². The summed E-state index contributed by atoms with van der Waals surface area (Å²) in [6, 6.07) is 24.3. The first-order valence-corrected chi connectivity index (χ1v) is 12.0. The molecule has 2 N–H and O–H groups in total. The van der Waals surface area contributed by atoms with Gasteiger partial charge in [0.2, 0.25) is 0 Å². The summed E-state index contributed by atoms with van der Waals surface area (Å²) in [7, 11) is 1.91. The van der Waals surface area contributed by atoms with Crippen molar-refractivity contribution in [2.75, 3.05) is 6.54 Å². The minimum atomic E-state index is -0.430. The van der Waals surface area contributed by atoms with Crippen molar-refractivity contribution in [1.29, 1.82) is 0 Å². The lowest BCUT2D eigenvalue weighted by Crippen LogP contribution is -2.31. The van der Waals surface area contributed by atoms with Crippen molar-refractivity contribution in [1.82, 2.24) is 20.1 Å². The molecular formula is C30H30N4O. The van der Waals surface area contributed by atoms with Gasteiger partial charge < -0.3 is 10.3 Å². The molecule has 3 aromatic carbocycles. The molecule has 2 atom stereocenters. The molecule has 5 rings (SSSR count). The average molecular weight is 463 g/mol. The Balaban J connectivity index is 1.42. The zero-order chi connectivity index (χ0) is 24.4. The molecule has 0 aliphatic rings. The van der Waals surface area contributed by atoms with Crippen LogP contribution in [0.2, 0.25) is 0 Å². The van der Waals surface area contributed by atoms with E-state index in [1.807, 2.05) is 68.1 Å². The lowest BCUT2D eigenvalue weighted by Gasteiger charge is -2.21. The molecule has 5 nitrogen and oxygen atoms in total. The Kier molecular flexibility index (Phi) is 6.34. The van der Waals surface area contributed by atoms with Crippen LogP contribution in [-0.2, 0) is 7.05 Å². The SMILES string of the molecule is Cc1ccc([C@@H](C)CN[C@@H](C(=O)c2c[nH]c3cc(-c4cnn(C)c4)ccc23)c2ccccc2)cc1. The van der Waals surface area contributed by atoms with Gasteiger partial charge in [0.05, 0.1) is 12.2 Å². The van der Waals surface area contributed by atoms with Gasteiger partial charge in [0, 0.05) is 48.0 Å². The van der Waals surface area contributed by atoms with Crippen LogP contribution in [-0.4, -0.2) is 27.1 Å². The Morgan fingerprint density at radius 2 is 1.77 bits per heavy atom. The van der Waals surface area contributed by atoms with E-state index >= 15 is 0 Å². The second-order valence-electron chi connectivity index (χ2n) is 9.29. The number of fused-ring (bicyclic) bond motifs is 1. The normalized spacial score (nSPS) is 13.1. The molecule has 0 unspecified atom stereocenters. The highest BCUT2D eigenvalue weighted by molar-refractivity contribution is 6.11. The minimum absolute atomic E-state index is 0.0627. The van der Waals surface area contributed by atoms with Crippen LogP contribution in [0.4, 0.5) is 0 Å². The molecule has 0 saturated carbocycles. The van der Waals surface area contributed by atoms with Crippen molar-refractivity contribution in [2.45, 2.75) is 25.8 Å². The standard InChI is InChI=1S/C30H30N4O/c1-20-9-11-22(12-10-20)21(2)16-32-29(23-7-5-4-6-8-23)30(35)27-18-31-28-15-24(13-14-26(27)28)25-17-33-34(3)19-25/h4-15,17-19,21,29,31-32H,16H2,1-3H3/t21-,29+/m0/s1. The molecule has 0 amide bonds. The summed E-state index contributed by atoms with van der Waals surface area (Å²) in [6.45, 7) is 4.98. The van der Waals surface area contributed by atoms with Crippen molar-refractivity contribution in [3.63, 3.8) is 0 Å². The Labute approximate surface area is 205 Å². The fourth-order valence-electron chi connectivity index (χ4n) is 4.55. The number of aromatic amines is 1. The summed E-state index contributed by atoms with van der Waals surface area (Å²) < 4.78 is 1.79. The van der Waals surface area contributed by atoms with Crippen LogP contribution in [0.1, 0.15) is 45.9 Å². The van der Waals surface area contributed by atoms with Gasteiger partial charge in [-0.2, -0.15) is 5.10 Å². The molecule has 0 fully saturated rings. The van der Waals surface area contributed by atoms with Gasteiger partial charge in [0.1, 0.15) is 0 Å². The van der Waals surface area contributed by atoms with Gasteiger partial charge in [-0.3, -0.25) is 9.48 Å². The number of rotatable bonds is 8. The highest BCUT2D eigenvalue weighted by atomic mass is 16.1. The van der Waals surface area contributed by atoms with E-state index in [0.717, 1.165) is 27.6 Å². The highest BCUT2D eigenvalue weighted by Crippen LogP contribution is 2.29. The van der Waals surface area contributed by atoms with Crippen LogP contribution in [0.15, 0.2) is 91.4 Å². The minimum Gasteiger partial charge on any atom is -0.360 e. The predicted molar refractivity (Wildman–Crippen MR) is 142 cm³/mol. The fourth-order valence-corrected chi connectivity index (χ4v) is 4.55. The molecule has 2 heterocycles. The molecule has 0 saturated heterocycles. The maximum Gasteiger partial charge on any atom is 0.186 e. The van der Waals surface area contributed by atoms with Crippen LogP contribution in [0, 0.1) is 6.92 Å². The third-order valence-corrected chi connectivity index (χ3v) is 6.66. The number of ketones is 1. The zero-order valence-corrected chi connectivity index (χ0v) is 20.3. The maximum absolute atomic E-state index is 13.9. The van der Waals surface area contributed by atoms with Gasteiger partial charge in [-0.25, -0.2) is 0 Å². The number of nitrogens with zero attached hydrogens (tertiary/aromatic N) is 2. The third kappa shape index (κ3) is 4.81. The molecule has 0 aliphatic heterocycles. The third-order valence-electron chi connectivity index (χ3n) is 6.66. The van der Waals surface area contributed by atoms with Gasteiger partial charge >= 0.3 is 0 Å². The molecule has 35 heavy (non-hydrogen) atoms. The van der Waals surface area contributed by atoms with E-state index in [-0.39, 0.29) is 11.7 Å². The summed E-state index contributed by atoms with van der Waals surface area (Å²) in [5.74, 6) is 0.340. The van der Waals surface area contributed by atoms with Crippen LogP contribution in [0.3, 0.4) is 0 Å². The van der Waals surface area contributed by atoms with Gasteiger partial charge in [-0.1, -0.05) is 79.2 Å². The van der Waals surface area contributed by atoms with E-state index in [4.69, 9.17) is 0 Å². The summed E-state index contributed by atoms with van der Waals surface area (Å²) in [5, 5.41) is 8.76. The topological polar surface area (TPSA) is 62.7 Å². The number of aromatic nitrogens is 3. The lowest BCUT2D eigenvalue weighted by atomic mass is 9.94.